The van der Waals surface area contributed by atoms with Crippen molar-refractivity contribution in [3.8, 4) is 0 Å². The second-order valence-corrected chi connectivity index (χ2v) is 5.61. The first-order valence-electron chi connectivity index (χ1n) is 4.77. The van der Waals surface area contributed by atoms with E-state index in [0.717, 1.165) is 28.8 Å². The van der Waals surface area contributed by atoms with Gasteiger partial charge in [0.15, 0.2) is 0 Å². The quantitative estimate of drug-likeness (QED) is 0.891. The van der Waals surface area contributed by atoms with Crippen molar-refractivity contribution >= 4 is 22.7 Å². The van der Waals surface area contributed by atoms with Crippen LogP contribution in [0.3, 0.4) is 0 Å². The molecule has 0 atom stereocenters. The lowest BCUT2D eigenvalue weighted by molar-refractivity contribution is 0.685. The van der Waals surface area contributed by atoms with Gasteiger partial charge >= 0.3 is 0 Å². The summed E-state index contributed by atoms with van der Waals surface area (Å²) in [7, 11) is 0. The lowest BCUT2D eigenvalue weighted by Gasteiger charge is -1.98. The molecule has 2 heterocycles. The number of aryl methyl sites for hydroxylation is 2. The molecule has 0 radical (unpaired) electrons. The Hall–Kier alpha value is -0.780. The number of thiazole rings is 2. The van der Waals surface area contributed by atoms with Gasteiger partial charge in [0.25, 0.3) is 0 Å². The van der Waals surface area contributed by atoms with E-state index in [2.05, 4.69) is 27.6 Å². The summed E-state index contributed by atoms with van der Waals surface area (Å²) in [6.45, 7) is 5.75. The fourth-order valence-corrected chi connectivity index (χ4v) is 2.74. The van der Waals surface area contributed by atoms with Gasteiger partial charge in [-0.25, -0.2) is 9.97 Å². The summed E-state index contributed by atoms with van der Waals surface area (Å²) in [4.78, 5) is 9.94. The Morgan fingerprint density at radius 3 is 2.67 bits per heavy atom. The minimum Gasteiger partial charge on any atom is -0.304 e. The van der Waals surface area contributed by atoms with E-state index >= 15 is 0 Å². The highest BCUT2D eigenvalue weighted by molar-refractivity contribution is 7.11. The van der Waals surface area contributed by atoms with E-state index in [1.54, 1.807) is 22.7 Å². The van der Waals surface area contributed by atoms with Gasteiger partial charge in [-0.15, -0.1) is 22.7 Å². The highest BCUT2D eigenvalue weighted by Gasteiger charge is 2.00. The predicted molar refractivity (Wildman–Crippen MR) is 64.2 cm³/mol. The molecule has 5 heteroatoms. The molecule has 0 fully saturated rings. The first-order chi connectivity index (χ1) is 7.24. The minimum atomic E-state index is 0.830. The topological polar surface area (TPSA) is 37.8 Å². The summed E-state index contributed by atoms with van der Waals surface area (Å²) in [6, 6.07) is 0. The Kier molecular flexibility index (Phi) is 3.45. The second kappa shape index (κ2) is 4.83. The van der Waals surface area contributed by atoms with Crippen molar-refractivity contribution in [2.45, 2.75) is 26.9 Å². The molecule has 0 aromatic carbocycles. The summed E-state index contributed by atoms with van der Waals surface area (Å²) in [5.74, 6) is 0. The van der Waals surface area contributed by atoms with Gasteiger partial charge in [0, 0.05) is 35.2 Å². The molecule has 0 amide bonds. The second-order valence-electron chi connectivity index (χ2n) is 3.35. The van der Waals surface area contributed by atoms with Gasteiger partial charge in [0.1, 0.15) is 10.0 Å². The molecule has 1 N–H and O–H groups in total. The van der Waals surface area contributed by atoms with Gasteiger partial charge in [-0.3, -0.25) is 0 Å². The zero-order valence-electron chi connectivity index (χ0n) is 8.78. The fraction of sp³-hybridized carbons (Fsp3) is 0.400. The SMILES string of the molecule is Cc1csc(CNCc2ncc(C)s2)n1. The summed E-state index contributed by atoms with van der Waals surface area (Å²) in [6.07, 6.45) is 1.91. The van der Waals surface area contributed by atoms with E-state index in [1.807, 2.05) is 13.1 Å². The molecule has 0 spiro atoms. The molecule has 2 rings (SSSR count). The Morgan fingerprint density at radius 2 is 2.07 bits per heavy atom. The van der Waals surface area contributed by atoms with E-state index < -0.39 is 0 Å². The summed E-state index contributed by atoms with van der Waals surface area (Å²) in [5.41, 5.74) is 1.10. The average Bonchev–Trinajstić information content (AvgIpc) is 2.76. The first-order valence-corrected chi connectivity index (χ1v) is 6.46. The van der Waals surface area contributed by atoms with Crippen LogP contribution in [-0.4, -0.2) is 9.97 Å². The molecule has 0 saturated heterocycles. The van der Waals surface area contributed by atoms with Crippen LogP contribution in [0.1, 0.15) is 20.6 Å². The van der Waals surface area contributed by atoms with Gasteiger partial charge in [0.05, 0.1) is 0 Å². The van der Waals surface area contributed by atoms with Gasteiger partial charge in [-0.05, 0) is 13.8 Å². The molecule has 80 valence electrons. The third-order valence-corrected chi connectivity index (χ3v) is 3.77. The molecule has 15 heavy (non-hydrogen) atoms. The highest BCUT2D eigenvalue weighted by atomic mass is 32.1. The lowest BCUT2D eigenvalue weighted by atomic mass is 10.5. The van der Waals surface area contributed by atoms with Crippen LogP contribution >= 0.6 is 22.7 Å². The van der Waals surface area contributed by atoms with E-state index in [0.29, 0.717) is 0 Å². The zero-order valence-corrected chi connectivity index (χ0v) is 10.4. The van der Waals surface area contributed by atoms with Crippen molar-refractivity contribution < 1.29 is 0 Å². The average molecular weight is 239 g/mol. The van der Waals surface area contributed by atoms with Crippen molar-refractivity contribution in [3.05, 3.63) is 32.2 Å². The fourth-order valence-electron chi connectivity index (χ4n) is 1.24. The number of nitrogens with one attached hydrogen (secondary N) is 1. The lowest BCUT2D eigenvalue weighted by Crippen LogP contribution is -2.12. The molecule has 2 aromatic rings. The molecule has 2 aromatic heterocycles. The Balaban J connectivity index is 1.80. The molecular weight excluding hydrogens is 226 g/mol. The Morgan fingerprint density at radius 1 is 1.27 bits per heavy atom. The minimum absolute atomic E-state index is 0.830. The van der Waals surface area contributed by atoms with Crippen LogP contribution < -0.4 is 5.32 Å². The molecule has 0 unspecified atom stereocenters. The largest absolute Gasteiger partial charge is 0.304 e. The van der Waals surface area contributed by atoms with Crippen LogP contribution in [-0.2, 0) is 13.1 Å². The van der Waals surface area contributed by atoms with Gasteiger partial charge in [0.2, 0.25) is 0 Å². The first kappa shape index (κ1) is 10.7. The van der Waals surface area contributed by atoms with Crippen LogP contribution in [0, 0.1) is 13.8 Å². The molecule has 3 nitrogen and oxygen atoms in total. The third-order valence-electron chi connectivity index (χ3n) is 1.89. The maximum atomic E-state index is 4.39. The van der Waals surface area contributed by atoms with E-state index in [9.17, 15) is 0 Å². The summed E-state index contributed by atoms with van der Waals surface area (Å²) < 4.78 is 0. The third kappa shape index (κ3) is 3.09. The molecule has 0 saturated carbocycles. The van der Waals surface area contributed by atoms with Crippen molar-refractivity contribution in [1.82, 2.24) is 15.3 Å². The maximum absolute atomic E-state index is 4.39. The number of rotatable bonds is 4. The van der Waals surface area contributed by atoms with Crippen LogP contribution in [0.4, 0.5) is 0 Å². The van der Waals surface area contributed by atoms with E-state index in [1.165, 1.54) is 4.88 Å². The highest BCUT2D eigenvalue weighted by Crippen LogP contribution is 2.11. The molecular formula is C10H13N3S2. The molecule has 0 bridgehead atoms. The normalized spacial score (nSPS) is 10.8. The monoisotopic (exact) mass is 239 g/mol. The van der Waals surface area contributed by atoms with Crippen LogP contribution in [0.5, 0.6) is 0 Å². The van der Waals surface area contributed by atoms with Gasteiger partial charge in [-0.2, -0.15) is 0 Å². The number of hydrogen-bond donors (Lipinski definition) is 1. The van der Waals surface area contributed by atoms with Crippen molar-refractivity contribution in [3.63, 3.8) is 0 Å². The summed E-state index contributed by atoms with van der Waals surface area (Å²) >= 11 is 3.44. The van der Waals surface area contributed by atoms with Crippen molar-refractivity contribution in [2.24, 2.45) is 0 Å². The predicted octanol–water partition coefficient (Wildman–Crippen LogP) is 2.51. The Labute approximate surface area is 97.2 Å². The van der Waals surface area contributed by atoms with Crippen LogP contribution in [0.2, 0.25) is 0 Å². The smallest absolute Gasteiger partial charge is 0.107 e. The molecule has 0 aliphatic heterocycles. The van der Waals surface area contributed by atoms with Gasteiger partial charge < -0.3 is 5.32 Å². The summed E-state index contributed by atoms with van der Waals surface area (Å²) in [5, 5.41) is 7.69. The molecule has 0 aliphatic carbocycles. The zero-order chi connectivity index (χ0) is 10.7. The van der Waals surface area contributed by atoms with E-state index in [4.69, 9.17) is 0 Å². The van der Waals surface area contributed by atoms with Gasteiger partial charge in [-0.1, -0.05) is 0 Å². The molecule has 0 aliphatic rings. The van der Waals surface area contributed by atoms with Crippen molar-refractivity contribution in [2.75, 3.05) is 0 Å². The van der Waals surface area contributed by atoms with Crippen LogP contribution in [0.25, 0.3) is 0 Å². The number of nitrogens with zero attached hydrogens (tertiary/aromatic N) is 2. The Bertz CT molecular complexity index is 393. The number of hydrogen-bond acceptors (Lipinski definition) is 5. The van der Waals surface area contributed by atoms with E-state index in [-0.39, 0.29) is 0 Å². The number of aromatic nitrogens is 2. The van der Waals surface area contributed by atoms with Crippen molar-refractivity contribution in [1.29, 1.82) is 0 Å². The van der Waals surface area contributed by atoms with Crippen LogP contribution in [0.15, 0.2) is 11.6 Å². The standard InChI is InChI=1S/C10H13N3S2/c1-7-6-14-10(13-7)5-11-4-9-12-3-8(2)15-9/h3,6,11H,4-5H2,1-2H3. The maximum Gasteiger partial charge on any atom is 0.107 e.